The average Bonchev–Trinajstić information content (AvgIpc) is 2.66. The predicted octanol–water partition coefficient (Wildman–Crippen LogP) is 4.41. The van der Waals surface area contributed by atoms with Crippen LogP contribution >= 0.6 is 11.6 Å². The van der Waals surface area contributed by atoms with Gasteiger partial charge in [-0.3, -0.25) is 4.79 Å². The number of anilines is 2. The molecule has 0 bridgehead atoms. The van der Waals surface area contributed by atoms with Gasteiger partial charge < -0.3 is 24.8 Å². The first kappa shape index (κ1) is 21.7. The lowest BCUT2D eigenvalue weighted by atomic mass is 10.2. The fourth-order valence-corrected chi connectivity index (χ4v) is 2.47. The fourth-order valence-electron chi connectivity index (χ4n) is 2.24. The highest BCUT2D eigenvalue weighted by Crippen LogP contribution is 2.32. The third-order valence-electron chi connectivity index (χ3n) is 3.45. The van der Waals surface area contributed by atoms with E-state index in [1.807, 2.05) is 6.92 Å². The minimum Gasteiger partial charge on any atom is -0.487 e. The van der Waals surface area contributed by atoms with E-state index in [0.717, 1.165) is 0 Å². The van der Waals surface area contributed by atoms with Crippen LogP contribution in [0.1, 0.15) is 6.92 Å². The Hall–Kier alpha value is -2.58. The molecule has 0 spiro atoms. The molecule has 0 aliphatic rings. The maximum atomic E-state index is 12.1. The van der Waals surface area contributed by atoms with Gasteiger partial charge in [-0.25, -0.2) is 0 Å². The summed E-state index contributed by atoms with van der Waals surface area (Å²) in [6, 6.07) is 10.8. The second-order valence-electron chi connectivity index (χ2n) is 5.47. The zero-order valence-corrected chi connectivity index (χ0v) is 16.0. The van der Waals surface area contributed by atoms with E-state index in [2.05, 4.69) is 15.4 Å². The Kier molecular flexibility index (Phi) is 8.77. The van der Waals surface area contributed by atoms with Gasteiger partial charge in [0, 0.05) is 12.3 Å². The fraction of sp³-hybridized carbons (Fsp3) is 0.316. The molecule has 0 aromatic heterocycles. The van der Waals surface area contributed by atoms with Crippen LogP contribution in [0, 0.1) is 0 Å². The number of rotatable bonds is 11. The van der Waals surface area contributed by atoms with Crippen molar-refractivity contribution in [2.75, 3.05) is 37.0 Å². The molecule has 0 saturated carbocycles. The molecule has 0 aliphatic heterocycles. The number of para-hydroxylation sites is 1. The van der Waals surface area contributed by atoms with Crippen molar-refractivity contribution in [2.45, 2.75) is 13.5 Å². The zero-order chi connectivity index (χ0) is 20.4. The lowest BCUT2D eigenvalue weighted by molar-refractivity contribution is -0.114. The first-order valence-electron chi connectivity index (χ1n) is 8.57. The Morgan fingerprint density at radius 1 is 1.14 bits per heavy atom. The van der Waals surface area contributed by atoms with Crippen LogP contribution in [0.3, 0.4) is 0 Å². The van der Waals surface area contributed by atoms with Crippen LogP contribution in [-0.4, -0.2) is 38.9 Å². The lowest BCUT2D eigenvalue weighted by Gasteiger charge is -2.15. The van der Waals surface area contributed by atoms with Crippen molar-refractivity contribution in [3.8, 4) is 11.5 Å². The van der Waals surface area contributed by atoms with E-state index in [1.54, 1.807) is 18.2 Å². The average molecular weight is 415 g/mol. The van der Waals surface area contributed by atoms with E-state index in [9.17, 15) is 13.6 Å². The molecule has 0 aliphatic carbocycles. The number of hydrogen-bond donors (Lipinski definition) is 2. The predicted molar refractivity (Wildman–Crippen MR) is 104 cm³/mol. The summed E-state index contributed by atoms with van der Waals surface area (Å²) >= 11 is 6.17. The number of carbonyl (C=O) groups excluding carboxylic acids is 1. The zero-order valence-electron chi connectivity index (χ0n) is 15.2. The molecule has 0 heterocycles. The number of amides is 1. The smallest absolute Gasteiger partial charge is 0.387 e. The molecule has 2 aromatic carbocycles. The largest absolute Gasteiger partial charge is 0.487 e. The summed E-state index contributed by atoms with van der Waals surface area (Å²) in [5, 5.41) is 6.03. The van der Waals surface area contributed by atoms with Crippen LogP contribution in [0.25, 0.3) is 0 Å². The Bertz CT molecular complexity index is 760. The van der Waals surface area contributed by atoms with Gasteiger partial charge in [0.1, 0.15) is 12.4 Å². The van der Waals surface area contributed by atoms with Crippen LogP contribution in [0.2, 0.25) is 5.02 Å². The molecule has 0 fully saturated rings. The van der Waals surface area contributed by atoms with E-state index in [-0.39, 0.29) is 18.2 Å². The van der Waals surface area contributed by atoms with Crippen LogP contribution < -0.4 is 20.1 Å². The molecule has 0 radical (unpaired) electrons. The molecule has 0 unspecified atom stereocenters. The normalized spacial score (nSPS) is 10.6. The molecule has 0 saturated heterocycles. The molecule has 2 N–H and O–H groups in total. The van der Waals surface area contributed by atoms with E-state index >= 15 is 0 Å². The number of hydrogen-bond acceptors (Lipinski definition) is 5. The molecule has 0 atom stereocenters. The molecule has 2 rings (SSSR count). The number of ether oxygens (including phenoxy) is 3. The first-order chi connectivity index (χ1) is 13.5. The number of nitrogens with one attached hydrogen (secondary N) is 2. The molecular formula is C19H21ClF2N2O4. The summed E-state index contributed by atoms with van der Waals surface area (Å²) in [6.07, 6.45) is 0. The Morgan fingerprint density at radius 3 is 2.57 bits per heavy atom. The maximum Gasteiger partial charge on any atom is 0.387 e. The minimum atomic E-state index is -2.90. The van der Waals surface area contributed by atoms with Crippen LogP contribution in [-0.2, 0) is 9.53 Å². The molecular weight excluding hydrogens is 394 g/mol. The monoisotopic (exact) mass is 414 g/mol. The maximum absolute atomic E-state index is 12.1. The summed E-state index contributed by atoms with van der Waals surface area (Å²) in [6.45, 7) is 0.287. The van der Waals surface area contributed by atoms with Crippen molar-refractivity contribution in [3.63, 3.8) is 0 Å². The van der Waals surface area contributed by atoms with Crippen molar-refractivity contribution in [2.24, 2.45) is 0 Å². The third-order valence-corrected chi connectivity index (χ3v) is 3.75. The van der Waals surface area contributed by atoms with Crippen molar-refractivity contribution < 1.29 is 27.8 Å². The second-order valence-corrected chi connectivity index (χ2v) is 5.87. The van der Waals surface area contributed by atoms with Crippen molar-refractivity contribution in [3.05, 3.63) is 47.5 Å². The quantitative estimate of drug-likeness (QED) is 0.533. The summed E-state index contributed by atoms with van der Waals surface area (Å²) in [7, 11) is 0. The van der Waals surface area contributed by atoms with Crippen molar-refractivity contribution in [1.29, 1.82) is 0 Å². The van der Waals surface area contributed by atoms with Gasteiger partial charge in [0.15, 0.2) is 5.75 Å². The summed E-state index contributed by atoms with van der Waals surface area (Å²) in [5.41, 5.74) is 1.02. The topological polar surface area (TPSA) is 68.8 Å². The van der Waals surface area contributed by atoms with Gasteiger partial charge in [-0.15, -0.1) is 0 Å². The Labute approximate surface area is 166 Å². The standard InChI is InChI=1S/C19H21ClF2N2O4/c1-2-26-10-11-27-18-15(20)4-3-5-16(18)23-12-17(25)24-13-6-8-14(9-7-13)28-19(21)22/h3-9,19,23H,2,10-12H2,1H3,(H,24,25). The number of benzene rings is 2. The van der Waals surface area contributed by atoms with Gasteiger partial charge in [-0.05, 0) is 43.3 Å². The van der Waals surface area contributed by atoms with Crippen LogP contribution in [0.15, 0.2) is 42.5 Å². The number of halogens is 3. The van der Waals surface area contributed by atoms with E-state index in [4.69, 9.17) is 21.1 Å². The Morgan fingerprint density at radius 2 is 1.89 bits per heavy atom. The van der Waals surface area contributed by atoms with Gasteiger partial charge >= 0.3 is 6.61 Å². The minimum absolute atomic E-state index is 0.0129. The lowest BCUT2D eigenvalue weighted by Crippen LogP contribution is -2.22. The van der Waals surface area contributed by atoms with Gasteiger partial charge in [-0.2, -0.15) is 8.78 Å². The Balaban J connectivity index is 1.89. The van der Waals surface area contributed by atoms with Gasteiger partial charge in [-0.1, -0.05) is 17.7 Å². The van der Waals surface area contributed by atoms with E-state index in [0.29, 0.717) is 42.0 Å². The van der Waals surface area contributed by atoms with Crippen molar-refractivity contribution >= 4 is 28.9 Å². The third kappa shape index (κ3) is 7.21. The van der Waals surface area contributed by atoms with Gasteiger partial charge in [0.05, 0.1) is 23.9 Å². The summed E-state index contributed by atoms with van der Waals surface area (Å²) < 4.78 is 39.4. The molecule has 2 aromatic rings. The number of carbonyl (C=O) groups is 1. The van der Waals surface area contributed by atoms with Crippen molar-refractivity contribution in [1.82, 2.24) is 0 Å². The van der Waals surface area contributed by atoms with Crippen LogP contribution in [0.5, 0.6) is 11.5 Å². The second kappa shape index (κ2) is 11.3. The summed E-state index contributed by atoms with van der Waals surface area (Å²) in [4.78, 5) is 12.1. The molecule has 9 heteroatoms. The molecule has 28 heavy (non-hydrogen) atoms. The van der Waals surface area contributed by atoms with E-state index < -0.39 is 6.61 Å². The van der Waals surface area contributed by atoms with Crippen LogP contribution in [0.4, 0.5) is 20.2 Å². The highest BCUT2D eigenvalue weighted by atomic mass is 35.5. The first-order valence-corrected chi connectivity index (χ1v) is 8.95. The molecule has 1 amide bonds. The molecule has 6 nitrogen and oxygen atoms in total. The van der Waals surface area contributed by atoms with Gasteiger partial charge in [0.25, 0.3) is 0 Å². The van der Waals surface area contributed by atoms with E-state index in [1.165, 1.54) is 24.3 Å². The summed E-state index contributed by atoms with van der Waals surface area (Å²) in [5.74, 6) is 0.117. The highest BCUT2D eigenvalue weighted by molar-refractivity contribution is 6.32. The highest BCUT2D eigenvalue weighted by Gasteiger charge is 2.11. The SMILES string of the molecule is CCOCCOc1c(Cl)cccc1NCC(=O)Nc1ccc(OC(F)F)cc1. The van der Waals surface area contributed by atoms with Gasteiger partial charge in [0.2, 0.25) is 5.91 Å². The number of alkyl halides is 2. The molecule has 152 valence electrons.